The Kier molecular flexibility index (Phi) is 8.63. The number of thiazole rings is 1. The number of benzene rings is 3. The number of aromatic nitrogens is 1. The van der Waals surface area contributed by atoms with Gasteiger partial charge in [-0.25, -0.2) is 9.79 Å². The van der Waals surface area contributed by atoms with Gasteiger partial charge in [-0.3, -0.25) is 9.36 Å². The van der Waals surface area contributed by atoms with Gasteiger partial charge >= 0.3 is 5.97 Å². The molecule has 5 aromatic rings. The van der Waals surface area contributed by atoms with E-state index < -0.39 is 12.0 Å². The molecular weight excluding hydrogens is 623 g/mol. The number of fused-ring (bicyclic) bond motifs is 1. The van der Waals surface area contributed by atoms with Crippen LogP contribution in [0.25, 0.3) is 11.8 Å². The van der Waals surface area contributed by atoms with Crippen molar-refractivity contribution in [1.29, 1.82) is 0 Å². The first kappa shape index (κ1) is 29.1. The molecule has 3 aromatic carbocycles. The molecule has 1 aliphatic rings. The van der Waals surface area contributed by atoms with Crippen LogP contribution in [-0.2, 0) is 16.1 Å². The number of hydrogen-bond donors (Lipinski definition) is 0. The summed E-state index contributed by atoms with van der Waals surface area (Å²) in [5.74, 6) is 0.0580. The van der Waals surface area contributed by atoms with Crippen LogP contribution in [0.3, 0.4) is 0 Å². The molecule has 6 rings (SSSR count). The predicted octanol–water partition coefficient (Wildman–Crippen LogP) is 6.88. The van der Waals surface area contributed by atoms with E-state index in [4.69, 9.17) is 37.7 Å². The Morgan fingerprint density at radius 1 is 1.00 bits per heavy atom. The van der Waals surface area contributed by atoms with Crippen LogP contribution in [0.15, 0.2) is 106 Å². The highest BCUT2D eigenvalue weighted by Crippen LogP contribution is 2.37. The van der Waals surface area contributed by atoms with Crippen LogP contribution in [0.5, 0.6) is 5.75 Å². The van der Waals surface area contributed by atoms with Crippen LogP contribution in [0.2, 0.25) is 10.0 Å². The summed E-state index contributed by atoms with van der Waals surface area (Å²) in [7, 11) is 0. The molecular formula is C33H24Cl2N2O4S2. The molecule has 0 spiro atoms. The molecule has 216 valence electrons. The second-order valence-corrected chi connectivity index (χ2v) is 12.4. The zero-order valence-electron chi connectivity index (χ0n) is 22.8. The van der Waals surface area contributed by atoms with Crippen molar-refractivity contribution in [3.63, 3.8) is 0 Å². The molecule has 6 nitrogen and oxygen atoms in total. The molecule has 0 unspecified atom stereocenters. The van der Waals surface area contributed by atoms with Gasteiger partial charge in [0.25, 0.3) is 5.56 Å². The summed E-state index contributed by atoms with van der Waals surface area (Å²) in [5.41, 5.74) is 2.88. The highest BCUT2D eigenvalue weighted by atomic mass is 35.5. The van der Waals surface area contributed by atoms with Gasteiger partial charge in [0.15, 0.2) is 4.80 Å². The molecule has 1 atom stereocenters. The lowest BCUT2D eigenvalue weighted by Gasteiger charge is -2.24. The number of halogens is 2. The molecule has 0 amide bonds. The zero-order valence-corrected chi connectivity index (χ0v) is 26.0. The van der Waals surface area contributed by atoms with Crippen LogP contribution in [0.1, 0.15) is 34.5 Å². The summed E-state index contributed by atoms with van der Waals surface area (Å²) in [6.07, 6.45) is 1.76. The molecule has 0 fully saturated rings. The van der Waals surface area contributed by atoms with Crippen molar-refractivity contribution in [3.05, 3.63) is 147 Å². The maximum atomic E-state index is 14.1. The third kappa shape index (κ3) is 6.10. The van der Waals surface area contributed by atoms with E-state index in [0.717, 1.165) is 16.0 Å². The molecule has 3 heterocycles. The number of esters is 1. The normalized spacial score (nSPS) is 14.8. The van der Waals surface area contributed by atoms with Crippen molar-refractivity contribution < 1.29 is 14.3 Å². The van der Waals surface area contributed by atoms with E-state index in [1.165, 1.54) is 22.7 Å². The van der Waals surface area contributed by atoms with Crippen LogP contribution in [-0.4, -0.2) is 17.1 Å². The lowest BCUT2D eigenvalue weighted by Crippen LogP contribution is -2.39. The summed E-state index contributed by atoms with van der Waals surface area (Å²) < 4.78 is 13.7. The summed E-state index contributed by atoms with van der Waals surface area (Å²) >= 11 is 15.1. The van der Waals surface area contributed by atoms with Gasteiger partial charge < -0.3 is 9.47 Å². The number of nitrogens with zero attached hydrogens (tertiary/aromatic N) is 2. The molecule has 0 bridgehead atoms. The fourth-order valence-corrected chi connectivity index (χ4v) is 6.92. The number of carbonyl (C=O) groups is 1. The Morgan fingerprint density at radius 2 is 1.77 bits per heavy atom. The van der Waals surface area contributed by atoms with Gasteiger partial charge in [0.2, 0.25) is 0 Å². The highest BCUT2D eigenvalue weighted by molar-refractivity contribution is 7.10. The largest absolute Gasteiger partial charge is 0.488 e. The molecule has 10 heteroatoms. The third-order valence-electron chi connectivity index (χ3n) is 6.75. The Balaban J connectivity index is 1.51. The van der Waals surface area contributed by atoms with Crippen molar-refractivity contribution in [2.24, 2.45) is 4.99 Å². The fourth-order valence-electron chi connectivity index (χ4n) is 4.80. The first-order chi connectivity index (χ1) is 20.9. The van der Waals surface area contributed by atoms with Crippen molar-refractivity contribution in [3.8, 4) is 5.75 Å². The van der Waals surface area contributed by atoms with Crippen LogP contribution in [0.4, 0.5) is 0 Å². The molecule has 2 aromatic heterocycles. The lowest BCUT2D eigenvalue weighted by molar-refractivity contribution is -0.138. The summed E-state index contributed by atoms with van der Waals surface area (Å²) in [4.78, 5) is 33.8. The number of rotatable bonds is 8. The summed E-state index contributed by atoms with van der Waals surface area (Å²) in [6, 6.07) is 25.3. The van der Waals surface area contributed by atoms with Gasteiger partial charge in [-0.15, -0.1) is 11.3 Å². The van der Waals surface area contributed by atoms with Gasteiger partial charge in [0.05, 0.1) is 22.4 Å². The molecule has 43 heavy (non-hydrogen) atoms. The average Bonchev–Trinajstić information content (AvgIpc) is 3.66. The summed E-state index contributed by atoms with van der Waals surface area (Å²) in [6.45, 7) is 2.26. The van der Waals surface area contributed by atoms with E-state index in [9.17, 15) is 9.59 Å². The van der Waals surface area contributed by atoms with E-state index in [-0.39, 0.29) is 12.2 Å². The van der Waals surface area contributed by atoms with Crippen molar-refractivity contribution >= 4 is 63.6 Å². The maximum absolute atomic E-state index is 14.1. The Morgan fingerprint density at radius 3 is 2.49 bits per heavy atom. The number of ether oxygens (including phenoxy) is 2. The zero-order chi connectivity index (χ0) is 29.9. The fraction of sp³-hybridized carbons (Fsp3) is 0.121. The molecule has 0 saturated carbocycles. The van der Waals surface area contributed by atoms with E-state index in [1.807, 2.05) is 72.1 Å². The maximum Gasteiger partial charge on any atom is 0.338 e. The van der Waals surface area contributed by atoms with Gasteiger partial charge in [-0.05, 0) is 60.3 Å². The van der Waals surface area contributed by atoms with E-state index in [0.29, 0.717) is 48.6 Å². The minimum atomic E-state index is -0.701. The predicted molar refractivity (Wildman–Crippen MR) is 173 cm³/mol. The van der Waals surface area contributed by atoms with Crippen LogP contribution < -0.4 is 19.6 Å². The number of carbonyl (C=O) groups excluding carboxylic acids is 1. The Labute approximate surface area is 265 Å². The standard InChI is InChI=1S/C33H24Cl2N2O4S2/c1-2-40-32(39)28-29(21-7-4-3-5-8-21)36-33-37(30(28)26-9-6-16-42-26)31(38)27(43-33)18-22-17-24(35)14-15-25(22)41-19-20-10-12-23(34)13-11-20/h3-18,30H,2,19H2,1H3/b27-18-/t30-/m1/s1. The molecule has 1 aliphatic heterocycles. The average molecular weight is 648 g/mol. The van der Waals surface area contributed by atoms with Gasteiger partial charge in [-0.1, -0.05) is 83.1 Å². The lowest BCUT2D eigenvalue weighted by atomic mass is 9.97. The Bertz CT molecular complexity index is 2000. The van der Waals surface area contributed by atoms with Gasteiger partial charge in [-0.2, -0.15) is 0 Å². The minimum absolute atomic E-state index is 0.194. The number of thiophene rings is 1. The third-order valence-corrected chi connectivity index (χ3v) is 9.15. The smallest absolute Gasteiger partial charge is 0.338 e. The van der Waals surface area contributed by atoms with E-state index >= 15 is 0 Å². The van der Waals surface area contributed by atoms with Crippen LogP contribution >= 0.6 is 45.9 Å². The van der Waals surface area contributed by atoms with E-state index in [1.54, 1.807) is 35.8 Å². The van der Waals surface area contributed by atoms with Crippen LogP contribution in [0, 0.1) is 0 Å². The first-order valence-corrected chi connectivity index (χ1v) is 15.9. The molecule has 0 radical (unpaired) electrons. The highest BCUT2D eigenvalue weighted by Gasteiger charge is 2.35. The minimum Gasteiger partial charge on any atom is -0.488 e. The summed E-state index contributed by atoms with van der Waals surface area (Å²) in [5, 5.41) is 3.07. The van der Waals surface area contributed by atoms with Gasteiger partial charge in [0, 0.05) is 26.0 Å². The second-order valence-electron chi connectivity index (χ2n) is 9.54. The van der Waals surface area contributed by atoms with Crippen molar-refractivity contribution in [2.45, 2.75) is 19.6 Å². The second kappa shape index (κ2) is 12.7. The molecule has 0 aliphatic carbocycles. The van der Waals surface area contributed by atoms with E-state index in [2.05, 4.69) is 0 Å². The van der Waals surface area contributed by atoms with Crippen molar-refractivity contribution in [1.82, 2.24) is 4.57 Å². The SMILES string of the molecule is CCOC(=O)C1=C(c2ccccc2)N=c2s/c(=C\c3cc(Cl)ccc3OCc3ccc(Cl)cc3)c(=O)n2[C@@H]1c1cccs1. The molecule has 0 N–H and O–H groups in total. The number of hydrogen-bond acceptors (Lipinski definition) is 7. The topological polar surface area (TPSA) is 69.9 Å². The first-order valence-electron chi connectivity index (χ1n) is 13.4. The molecule has 0 saturated heterocycles. The van der Waals surface area contributed by atoms with Gasteiger partial charge in [0.1, 0.15) is 18.4 Å². The van der Waals surface area contributed by atoms with Crippen molar-refractivity contribution in [2.75, 3.05) is 6.61 Å². The quantitative estimate of drug-likeness (QED) is 0.172. The monoisotopic (exact) mass is 646 g/mol. The Hall–Kier alpha value is -3.95.